The number of hydrogen-bond acceptors (Lipinski definition) is 4. The quantitative estimate of drug-likeness (QED) is 0.506. The minimum Gasteiger partial charge on any atom is -0.465 e. The number of rotatable bonds is 8. The molecule has 0 bridgehead atoms. The topological polar surface area (TPSA) is 52.6 Å². The fourth-order valence-electron chi connectivity index (χ4n) is 2.58. The van der Waals surface area contributed by atoms with Crippen LogP contribution in [0.2, 0.25) is 0 Å². The molecule has 1 aliphatic carbocycles. The van der Waals surface area contributed by atoms with Gasteiger partial charge in [-0.3, -0.25) is 9.59 Å². The van der Waals surface area contributed by atoms with Gasteiger partial charge in [0.25, 0.3) is 0 Å². The van der Waals surface area contributed by atoms with E-state index < -0.39 is 17.9 Å². The van der Waals surface area contributed by atoms with Gasteiger partial charge in [0, 0.05) is 0 Å². The van der Waals surface area contributed by atoms with E-state index in [0.717, 1.165) is 19.3 Å². The van der Waals surface area contributed by atoms with Gasteiger partial charge in [-0.05, 0) is 31.6 Å². The molecule has 1 fully saturated rings. The number of ether oxygens (including phenoxy) is 2. The number of carbonyl (C=O) groups is 2. The van der Waals surface area contributed by atoms with Gasteiger partial charge in [0.1, 0.15) is 0 Å². The largest absolute Gasteiger partial charge is 0.465 e. The summed E-state index contributed by atoms with van der Waals surface area (Å²) in [6.45, 7) is 8.13. The predicted octanol–water partition coefficient (Wildman–Crippen LogP) is 3.72. The third kappa shape index (κ3) is 6.49. The van der Waals surface area contributed by atoms with Crippen molar-refractivity contribution in [3.05, 3.63) is 0 Å². The summed E-state index contributed by atoms with van der Waals surface area (Å²) < 4.78 is 10.6. The average Bonchev–Trinajstić information content (AvgIpc) is 2.94. The van der Waals surface area contributed by atoms with E-state index in [1.807, 2.05) is 27.7 Å². The highest BCUT2D eigenvalue weighted by Gasteiger charge is 2.34. The van der Waals surface area contributed by atoms with E-state index in [0.29, 0.717) is 18.9 Å². The summed E-state index contributed by atoms with van der Waals surface area (Å²) in [6.07, 6.45) is 5.77. The number of carbonyl (C=O) groups excluding carboxylic acids is 2. The standard InChI is InChI=1S/C17H30O4/c1-5-13(4)21-17(19)15(10-14-8-6-7-9-14)16(18)20-11-12(2)3/h12-15H,5-11H2,1-4H3. The van der Waals surface area contributed by atoms with Crippen molar-refractivity contribution in [1.29, 1.82) is 0 Å². The fourth-order valence-corrected chi connectivity index (χ4v) is 2.58. The van der Waals surface area contributed by atoms with Crippen LogP contribution in [-0.4, -0.2) is 24.6 Å². The van der Waals surface area contributed by atoms with Gasteiger partial charge in [-0.1, -0.05) is 46.5 Å². The molecular weight excluding hydrogens is 268 g/mol. The Morgan fingerprint density at radius 2 is 1.71 bits per heavy atom. The second kappa shape index (κ2) is 9.06. The zero-order valence-electron chi connectivity index (χ0n) is 13.9. The van der Waals surface area contributed by atoms with Crippen LogP contribution in [0.25, 0.3) is 0 Å². The first-order valence-corrected chi connectivity index (χ1v) is 8.31. The van der Waals surface area contributed by atoms with E-state index in [9.17, 15) is 9.59 Å². The van der Waals surface area contributed by atoms with Crippen LogP contribution >= 0.6 is 0 Å². The molecular formula is C17H30O4. The van der Waals surface area contributed by atoms with E-state index in [1.54, 1.807) is 0 Å². The number of hydrogen-bond donors (Lipinski definition) is 0. The molecule has 2 atom stereocenters. The molecule has 122 valence electrons. The highest BCUT2D eigenvalue weighted by molar-refractivity contribution is 5.95. The van der Waals surface area contributed by atoms with Crippen molar-refractivity contribution in [2.24, 2.45) is 17.8 Å². The second-order valence-corrected chi connectivity index (χ2v) is 6.62. The van der Waals surface area contributed by atoms with Gasteiger partial charge in [-0.2, -0.15) is 0 Å². The lowest BCUT2D eigenvalue weighted by molar-refractivity contribution is -0.166. The Morgan fingerprint density at radius 3 is 2.24 bits per heavy atom. The maximum atomic E-state index is 12.3. The lowest BCUT2D eigenvalue weighted by atomic mass is 9.93. The highest BCUT2D eigenvalue weighted by Crippen LogP contribution is 2.31. The predicted molar refractivity (Wildman–Crippen MR) is 81.7 cm³/mol. The molecule has 1 saturated carbocycles. The minimum absolute atomic E-state index is 0.151. The highest BCUT2D eigenvalue weighted by atomic mass is 16.6. The van der Waals surface area contributed by atoms with Crippen LogP contribution in [0.5, 0.6) is 0 Å². The summed E-state index contributed by atoms with van der Waals surface area (Å²) in [5.74, 6) is -0.854. The van der Waals surface area contributed by atoms with E-state index >= 15 is 0 Å². The first-order chi connectivity index (χ1) is 9.93. The molecule has 1 rings (SSSR count). The summed E-state index contributed by atoms with van der Waals surface area (Å²) in [6, 6.07) is 0. The van der Waals surface area contributed by atoms with Gasteiger partial charge in [0.15, 0.2) is 5.92 Å². The van der Waals surface area contributed by atoms with Gasteiger partial charge in [0.2, 0.25) is 0 Å². The molecule has 0 saturated heterocycles. The molecule has 4 nitrogen and oxygen atoms in total. The van der Waals surface area contributed by atoms with Gasteiger partial charge in [0.05, 0.1) is 12.7 Å². The first kappa shape index (κ1) is 18.0. The molecule has 21 heavy (non-hydrogen) atoms. The Bertz CT molecular complexity index is 332. The molecule has 1 aliphatic rings. The van der Waals surface area contributed by atoms with E-state index in [1.165, 1.54) is 12.8 Å². The van der Waals surface area contributed by atoms with Crippen LogP contribution in [-0.2, 0) is 19.1 Å². The Kier molecular flexibility index (Phi) is 7.76. The van der Waals surface area contributed by atoms with E-state index in [2.05, 4.69) is 0 Å². The Labute approximate surface area is 128 Å². The zero-order chi connectivity index (χ0) is 15.8. The van der Waals surface area contributed by atoms with Crippen LogP contribution in [0, 0.1) is 17.8 Å². The molecule has 0 radical (unpaired) electrons. The van der Waals surface area contributed by atoms with Gasteiger partial charge >= 0.3 is 11.9 Å². The van der Waals surface area contributed by atoms with Crippen molar-refractivity contribution < 1.29 is 19.1 Å². The molecule has 0 amide bonds. The van der Waals surface area contributed by atoms with Crippen molar-refractivity contribution >= 4 is 11.9 Å². The van der Waals surface area contributed by atoms with Gasteiger partial charge < -0.3 is 9.47 Å². The van der Waals surface area contributed by atoms with Crippen molar-refractivity contribution in [2.75, 3.05) is 6.61 Å². The third-order valence-corrected chi connectivity index (χ3v) is 4.06. The summed E-state index contributed by atoms with van der Waals surface area (Å²) in [5.41, 5.74) is 0. The Hall–Kier alpha value is -1.06. The van der Waals surface area contributed by atoms with Gasteiger partial charge in [-0.15, -0.1) is 0 Å². The molecule has 0 N–H and O–H groups in total. The molecule has 0 aromatic carbocycles. The zero-order valence-corrected chi connectivity index (χ0v) is 13.9. The normalized spacial score (nSPS) is 18.5. The molecule has 4 heteroatoms. The smallest absolute Gasteiger partial charge is 0.320 e. The maximum absolute atomic E-state index is 12.3. The molecule has 0 aromatic heterocycles. The first-order valence-electron chi connectivity index (χ1n) is 8.31. The van der Waals surface area contributed by atoms with Crippen molar-refractivity contribution in [3.8, 4) is 0 Å². The monoisotopic (exact) mass is 298 g/mol. The van der Waals surface area contributed by atoms with Crippen molar-refractivity contribution in [2.45, 2.75) is 72.3 Å². The molecule has 0 spiro atoms. The average molecular weight is 298 g/mol. The van der Waals surface area contributed by atoms with E-state index in [-0.39, 0.29) is 12.0 Å². The van der Waals surface area contributed by atoms with Crippen LogP contribution in [0.4, 0.5) is 0 Å². The lowest BCUT2D eigenvalue weighted by Gasteiger charge is -2.21. The summed E-state index contributed by atoms with van der Waals surface area (Å²) in [5, 5.41) is 0. The van der Waals surface area contributed by atoms with E-state index in [4.69, 9.17) is 9.47 Å². The Morgan fingerprint density at radius 1 is 1.10 bits per heavy atom. The van der Waals surface area contributed by atoms with Crippen LogP contribution < -0.4 is 0 Å². The maximum Gasteiger partial charge on any atom is 0.320 e. The second-order valence-electron chi connectivity index (χ2n) is 6.62. The van der Waals surface area contributed by atoms with Crippen LogP contribution in [0.15, 0.2) is 0 Å². The van der Waals surface area contributed by atoms with Crippen LogP contribution in [0.1, 0.15) is 66.2 Å². The SMILES string of the molecule is CCC(C)OC(=O)C(CC1CCCC1)C(=O)OCC(C)C. The summed E-state index contributed by atoms with van der Waals surface area (Å²) >= 11 is 0. The molecule has 2 unspecified atom stereocenters. The van der Waals surface area contributed by atoms with Crippen molar-refractivity contribution in [3.63, 3.8) is 0 Å². The molecule has 0 heterocycles. The lowest BCUT2D eigenvalue weighted by Crippen LogP contribution is -2.32. The number of esters is 2. The molecule has 0 aromatic rings. The minimum atomic E-state index is -0.749. The van der Waals surface area contributed by atoms with Gasteiger partial charge in [-0.25, -0.2) is 0 Å². The fraction of sp³-hybridized carbons (Fsp3) is 0.882. The third-order valence-electron chi connectivity index (χ3n) is 4.06. The molecule has 0 aliphatic heterocycles. The summed E-state index contributed by atoms with van der Waals surface area (Å²) in [4.78, 5) is 24.5. The van der Waals surface area contributed by atoms with Crippen molar-refractivity contribution in [1.82, 2.24) is 0 Å². The Balaban J connectivity index is 2.63. The summed E-state index contributed by atoms with van der Waals surface area (Å²) in [7, 11) is 0. The van der Waals surface area contributed by atoms with Crippen LogP contribution in [0.3, 0.4) is 0 Å².